The van der Waals surface area contributed by atoms with Crippen molar-refractivity contribution in [1.29, 1.82) is 0 Å². The number of nitrogens with zero attached hydrogens (tertiary/aromatic N) is 1. The standard InChI is InChI=1S/C23H31N3O3/c1-13(2)19-9-17(14(3)8-18(19)12-24-15(4)27)11-22-25-20-7-6-16(23(28)29-5)10-21(20)26-22/h6-8,10,13,17-19H,9,11-12H2,1-5H3,(H,24,27)(H,25,26)/t17-,18-,19-/m0/s1. The predicted molar refractivity (Wildman–Crippen MR) is 114 cm³/mol. The molecule has 1 heterocycles. The Kier molecular flexibility index (Phi) is 6.40. The highest BCUT2D eigenvalue weighted by Crippen LogP contribution is 2.38. The monoisotopic (exact) mass is 397 g/mol. The Bertz CT molecular complexity index is 929. The van der Waals surface area contributed by atoms with Gasteiger partial charge < -0.3 is 15.0 Å². The summed E-state index contributed by atoms with van der Waals surface area (Å²) in [6, 6.07) is 5.39. The minimum absolute atomic E-state index is 0.0225. The Labute approximate surface area is 172 Å². The zero-order chi connectivity index (χ0) is 21.1. The number of nitrogens with one attached hydrogen (secondary N) is 2. The molecule has 3 atom stereocenters. The number of allylic oxidation sites excluding steroid dienone is 1. The van der Waals surface area contributed by atoms with Crippen molar-refractivity contribution in [2.75, 3.05) is 13.7 Å². The van der Waals surface area contributed by atoms with Crippen LogP contribution in [0.2, 0.25) is 0 Å². The van der Waals surface area contributed by atoms with Crippen molar-refractivity contribution in [3.8, 4) is 0 Å². The van der Waals surface area contributed by atoms with Crippen molar-refractivity contribution >= 4 is 22.9 Å². The highest BCUT2D eigenvalue weighted by molar-refractivity contribution is 5.93. The highest BCUT2D eigenvalue weighted by atomic mass is 16.5. The fourth-order valence-electron chi connectivity index (χ4n) is 4.41. The molecular formula is C23H31N3O3. The molecule has 2 aromatic rings. The maximum Gasteiger partial charge on any atom is 0.337 e. The Balaban J connectivity index is 1.79. The Hall–Kier alpha value is -2.63. The van der Waals surface area contributed by atoms with Gasteiger partial charge in [0.1, 0.15) is 5.82 Å². The minimum atomic E-state index is -0.348. The normalized spacial score (nSPS) is 21.9. The number of ether oxygens (including phenoxy) is 1. The summed E-state index contributed by atoms with van der Waals surface area (Å²) in [6.07, 6.45) is 4.25. The second-order valence-electron chi connectivity index (χ2n) is 8.46. The van der Waals surface area contributed by atoms with Gasteiger partial charge in [0.2, 0.25) is 5.91 Å². The van der Waals surface area contributed by atoms with Crippen LogP contribution in [-0.4, -0.2) is 35.5 Å². The third-order valence-electron chi connectivity index (χ3n) is 6.06. The molecule has 1 aromatic heterocycles. The van der Waals surface area contributed by atoms with Crippen LogP contribution >= 0.6 is 0 Å². The number of carbonyl (C=O) groups excluding carboxylic acids is 2. The molecule has 0 aliphatic heterocycles. The lowest BCUT2D eigenvalue weighted by molar-refractivity contribution is -0.119. The third-order valence-corrected chi connectivity index (χ3v) is 6.06. The molecule has 1 aromatic carbocycles. The molecule has 2 N–H and O–H groups in total. The molecule has 6 heteroatoms. The summed E-state index contributed by atoms with van der Waals surface area (Å²) in [7, 11) is 1.38. The predicted octanol–water partition coefficient (Wildman–Crippen LogP) is 3.88. The van der Waals surface area contributed by atoms with Crippen LogP contribution in [0, 0.1) is 23.7 Å². The number of hydrogen-bond acceptors (Lipinski definition) is 4. The molecule has 3 rings (SSSR count). The lowest BCUT2D eigenvalue weighted by Crippen LogP contribution is -2.36. The second-order valence-corrected chi connectivity index (χ2v) is 8.46. The van der Waals surface area contributed by atoms with Crippen LogP contribution < -0.4 is 5.32 Å². The molecule has 1 aliphatic carbocycles. The van der Waals surface area contributed by atoms with Gasteiger partial charge in [-0.15, -0.1) is 0 Å². The average Bonchev–Trinajstić information content (AvgIpc) is 3.08. The van der Waals surface area contributed by atoms with Gasteiger partial charge in [-0.05, 0) is 55.2 Å². The largest absolute Gasteiger partial charge is 0.465 e. The summed E-state index contributed by atoms with van der Waals surface area (Å²) in [6.45, 7) is 8.96. The van der Waals surface area contributed by atoms with Crippen LogP contribution in [0.3, 0.4) is 0 Å². The van der Waals surface area contributed by atoms with Gasteiger partial charge in [0.25, 0.3) is 0 Å². The average molecular weight is 398 g/mol. The molecule has 0 unspecified atom stereocenters. The molecule has 0 bridgehead atoms. The smallest absolute Gasteiger partial charge is 0.337 e. The van der Waals surface area contributed by atoms with Gasteiger partial charge >= 0.3 is 5.97 Å². The van der Waals surface area contributed by atoms with Gasteiger partial charge in [0.15, 0.2) is 0 Å². The molecule has 1 amide bonds. The number of H-pyrrole nitrogens is 1. The number of methoxy groups -OCH3 is 1. The summed E-state index contributed by atoms with van der Waals surface area (Å²) in [5.41, 5.74) is 3.58. The van der Waals surface area contributed by atoms with E-state index in [4.69, 9.17) is 9.72 Å². The van der Waals surface area contributed by atoms with Gasteiger partial charge in [-0.1, -0.05) is 25.5 Å². The molecule has 6 nitrogen and oxygen atoms in total. The lowest BCUT2D eigenvalue weighted by atomic mass is 9.70. The van der Waals surface area contributed by atoms with Crippen molar-refractivity contribution in [1.82, 2.24) is 15.3 Å². The first-order chi connectivity index (χ1) is 13.8. The van der Waals surface area contributed by atoms with Gasteiger partial charge in [-0.3, -0.25) is 4.79 Å². The highest BCUT2D eigenvalue weighted by Gasteiger charge is 2.32. The zero-order valence-corrected chi connectivity index (χ0v) is 17.9. The molecule has 0 saturated carbocycles. The van der Waals surface area contributed by atoms with E-state index in [0.717, 1.165) is 29.7 Å². The number of aromatic nitrogens is 2. The number of esters is 1. The van der Waals surface area contributed by atoms with Crippen molar-refractivity contribution in [3.63, 3.8) is 0 Å². The minimum Gasteiger partial charge on any atom is -0.465 e. The van der Waals surface area contributed by atoms with E-state index in [-0.39, 0.29) is 11.9 Å². The zero-order valence-electron chi connectivity index (χ0n) is 17.9. The van der Waals surface area contributed by atoms with E-state index >= 15 is 0 Å². The van der Waals surface area contributed by atoms with E-state index in [2.05, 4.69) is 37.1 Å². The second kappa shape index (κ2) is 8.80. The van der Waals surface area contributed by atoms with Crippen LogP contribution in [-0.2, 0) is 16.0 Å². The van der Waals surface area contributed by atoms with Crippen LogP contribution in [0.5, 0.6) is 0 Å². The first-order valence-corrected chi connectivity index (χ1v) is 10.3. The molecule has 1 aliphatic rings. The molecule has 0 radical (unpaired) electrons. The summed E-state index contributed by atoms with van der Waals surface area (Å²) in [5.74, 6) is 2.45. The molecule has 156 valence electrons. The van der Waals surface area contributed by atoms with E-state index in [0.29, 0.717) is 35.8 Å². The van der Waals surface area contributed by atoms with Crippen molar-refractivity contribution in [2.45, 2.75) is 40.5 Å². The number of hydrogen-bond donors (Lipinski definition) is 2. The SMILES string of the molecule is COC(=O)c1ccc2nc(C[C@@H]3C[C@@H](C(C)C)[C@H](CNC(C)=O)C=C3C)[nH]c2c1. The van der Waals surface area contributed by atoms with Crippen LogP contribution in [0.15, 0.2) is 29.8 Å². The quantitative estimate of drug-likeness (QED) is 0.572. The van der Waals surface area contributed by atoms with Crippen LogP contribution in [0.25, 0.3) is 11.0 Å². The van der Waals surface area contributed by atoms with E-state index in [1.54, 1.807) is 19.1 Å². The third kappa shape index (κ3) is 4.86. The number of imidazole rings is 1. The number of benzene rings is 1. The summed E-state index contributed by atoms with van der Waals surface area (Å²) < 4.78 is 4.80. The van der Waals surface area contributed by atoms with Crippen molar-refractivity contribution < 1.29 is 14.3 Å². The first-order valence-electron chi connectivity index (χ1n) is 10.3. The molecule has 0 fully saturated rings. The van der Waals surface area contributed by atoms with Crippen LogP contribution in [0.1, 0.15) is 50.3 Å². The number of amides is 1. The van der Waals surface area contributed by atoms with Gasteiger partial charge in [-0.25, -0.2) is 9.78 Å². The fraction of sp³-hybridized carbons (Fsp3) is 0.522. The number of fused-ring (bicyclic) bond motifs is 1. The Morgan fingerprint density at radius 2 is 2.10 bits per heavy atom. The van der Waals surface area contributed by atoms with Gasteiger partial charge in [-0.2, -0.15) is 0 Å². The Morgan fingerprint density at radius 3 is 2.76 bits per heavy atom. The first kappa shape index (κ1) is 21.1. The lowest BCUT2D eigenvalue weighted by Gasteiger charge is -2.37. The molecule has 0 spiro atoms. The number of carbonyl (C=O) groups is 2. The van der Waals surface area contributed by atoms with E-state index in [1.165, 1.54) is 12.7 Å². The van der Waals surface area contributed by atoms with Crippen molar-refractivity contribution in [3.05, 3.63) is 41.2 Å². The van der Waals surface area contributed by atoms with E-state index < -0.39 is 0 Å². The van der Waals surface area contributed by atoms with Crippen molar-refractivity contribution in [2.24, 2.45) is 23.7 Å². The topological polar surface area (TPSA) is 84.1 Å². The molecular weight excluding hydrogens is 366 g/mol. The Morgan fingerprint density at radius 1 is 1.34 bits per heavy atom. The van der Waals surface area contributed by atoms with Gasteiger partial charge in [0, 0.05) is 19.9 Å². The molecule has 29 heavy (non-hydrogen) atoms. The maximum absolute atomic E-state index is 11.8. The van der Waals surface area contributed by atoms with Gasteiger partial charge in [0.05, 0.1) is 23.7 Å². The summed E-state index contributed by atoms with van der Waals surface area (Å²) in [5, 5.41) is 2.98. The van der Waals surface area contributed by atoms with Crippen LogP contribution in [0.4, 0.5) is 0 Å². The summed E-state index contributed by atoms with van der Waals surface area (Å²) in [4.78, 5) is 31.2. The number of aromatic amines is 1. The number of rotatable bonds is 6. The maximum atomic E-state index is 11.8. The molecule has 0 saturated heterocycles. The van der Waals surface area contributed by atoms with E-state index in [9.17, 15) is 9.59 Å². The fourth-order valence-corrected chi connectivity index (χ4v) is 4.41. The summed E-state index contributed by atoms with van der Waals surface area (Å²) >= 11 is 0. The van der Waals surface area contributed by atoms with E-state index in [1.807, 2.05) is 6.07 Å².